The van der Waals surface area contributed by atoms with Crippen molar-refractivity contribution >= 4 is 46.4 Å². The van der Waals surface area contributed by atoms with Gasteiger partial charge in [0.2, 0.25) is 0 Å². The zero-order valence-corrected chi connectivity index (χ0v) is 15.4. The lowest BCUT2D eigenvalue weighted by atomic mass is 10.2. The summed E-state index contributed by atoms with van der Waals surface area (Å²) in [6.07, 6.45) is 7.70. The van der Waals surface area contributed by atoms with Crippen molar-refractivity contribution in [3.8, 4) is 11.5 Å². The normalized spacial score (nSPS) is 14.7. The molecule has 0 atom stereocenters. The first-order chi connectivity index (χ1) is 11.6. The van der Waals surface area contributed by atoms with Crippen LogP contribution < -0.4 is 13.9 Å². The molecule has 0 spiro atoms. The Morgan fingerprint density at radius 3 is 2.38 bits per heavy atom. The second-order valence-corrected chi connectivity index (χ2v) is 6.74. The molecule has 128 valence electrons. The molecule has 7 heteroatoms. The van der Waals surface area contributed by atoms with E-state index in [1.807, 2.05) is 18.2 Å². The van der Waals surface area contributed by atoms with Crippen molar-refractivity contribution in [3.05, 3.63) is 40.6 Å². The Kier molecular flexibility index (Phi) is 5.59. The molecule has 0 unspecified atom stereocenters. The number of pyridine rings is 1. The molecule has 1 saturated carbocycles. The van der Waals surface area contributed by atoms with Crippen molar-refractivity contribution in [2.24, 2.45) is 0 Å². The van der Waals surface area contributed by atoms with Gasteiger partial charge in [0, 0.05) is 30.2 Å². The van der Waals surface area contributed by atoms with E-state index in [1.54, 1.807) is 7.11 Å². The third kappa shape index (κ3) is 3.66. The lowest BCUT2D eigenvalue weighted by Crippen LogP contribution is -2.12. The number of halogens is 3. The van der Waals surface area contributed by atoms with E-state index in [0.29, 0.717) is 32.9 Å². The van der Waals surface area contributed by atoms with E-state index in [0.717, 1.165) is 12.8 Å². The fourth-order valence-corrected chi connectivity index (χ4v) is 3.69. The van der Waals surface area contributed by atoms with E-state index in [9.17, 15) is 0 Å². The summed E-state index contributed by atoms with van der Waals surface area (Å²) in [6, 6.07) is 5.47. The van der Waals surface area contributed by atoms with E-state index >= 15 is 0 Å². The highest BCUT2D eigenvalue weighted by Crippen LogP contribution is 2.42. The molecule has 2 aromatic rings. The molecule has 1 aliphatic rings. The van der Waals surface area contributed by atoms with Gasteiger partial charge in [-0.2, -0.15) is 0 Å². The summed E-state index contributed by atoms with van der Waals surface area (Å²) in [6.45, 7) is 0. The highest BCUT2D eigenvalue weighted by molar-refractivity contribution is 6.42. The Bertz CT molecular complexity index is 701. The maximum absolute atomic E-state index is 6.47. The molecule has 0 N–H and O–H groups in total. The largest absolute Gasteiger partial charge is 0.493 e. The third-order valence-corrected chi connectivity index (χ3v) is 4.91. The number of rotatable bonds is 5. The number of benzene rings is 1. The average Bonchev–Trinajstić information content (AvgIpc) is 3.07. The number of methoxy groups -OCH3 is 1. The lowest BCUT2D eigenvalue weighted by molar-refractivity contribution is 0.201. The van der Waals surface area contributed by atoms with Crippen LogP contribution in [0.1, 0.15) is 25.7 Å². The zero-order valence-electron chi connectivity index (χ0n) is 13.1. The van der Waals surface area contributed by atoms with Crippen LogP contribution in [0.3, 0.4) is 0 Å². The molecule has 24 heavy (non-hydrogen) atoms. The predicted molar refractivity (Wildman–Crippen MR) is 98.1 cm³/mol. The van der Waals surface area contributed by atoms with Gasteiger partial charge in [0.25, 0.3) is 0 Å². The van der Waals surface area contributed by atoms with Gasteiger partial charge in [0.15, 0.2) is 11.5 Å². The highest BCUT2D eigenvalue weighted by atomic mass is 35.5. The minimum atomic E-state index is 0.214. The Hall–Kier alpha value is -1.36. The molecule has 1 aromatic carbocycles. The zero-order chi connectivity index (χ0) is 17.1. The maximum atomic E-state index is 6.47. The van der Waals surface area contributed by atoms with Crippen LogP contribution in [0.15, 0.2) is 30.6 Å². The van der Waals surface area contributed by atoms with Crippen molar-refractivity contribution < 1.29 is 9.47 Å². The molecule has 1 aromatic heterocycles. The number of ether oxygens (including phenoxy) is 2. The van der Waals surface area contributed by atoms with E-state index in [4.69, 9.17) is 44.5 Å². The van der Waals surface area contributed by atoms with Crippen LogP contribution in [0.25, 0.3) is 0 Å². The lowest BCUT2D eigenvalue weighted by Gasteiger charge is -2.21. The summed E-state index contributed by atoms with van der Waals surface area (Å²) in [7, 11) is 1.62. The van der Waals surface area contributed by atoms with Gasteiger partial charge >= 0.3 is 0 Å². The molecular formula is C17H17Cl3N2O2. The summed E-state index contributed by atoms with van der Waals surface area (Å²) in [5, 5.41) is 0.734. The quantitative estimate of drug-likeness (QED) is 0.588. The Morgan fingerprint density at radius 1 is 1.08 bits per heavy atom. The highest BCUT2D eigenvalue weighted by Gasteiger charge is 2.21. The van der Waals surface area contributed by atoms with Gasteiger partial charge in [-0.15, -0.1) is 0 Å². The fourth-order valence-electron chi connectivity index (χ4n) is 2.79. The topological polar surface area (TPSA) is 34.6 Å². The number of aromatic nitrogens is 1. The second-order valence-electron chi connectivity index (χ2n) is 5.59. The van der Waals surface area contributed by atoms with E-state index in [2.05, 4.69) is 4.98 Å². The number of anilines is 2. The van der Waals surface area contributed by atoms with E-state index in [-0.39, 0.29) is 6.10 Å². The molecule has 0 bridgehead atoms. The standard InChI is InChI=1S/C17H17Cl3N2O2/c1-23-15-7-6-11(8-16(15)24-12-4-2-3-5-12)22(20)17-13(18)9-21-10-14(17)19/h6-10,12H,2-5H2,1H3. The minimum absolute atomic E-state index is 0.214. The van der Waals surface area contributed by atoms with E-state index < -0.39 is 0 Å². The van der Waals surface area contributed by atoms with Crippen LogP contribution in [0.4, 0.5) is 11.4 Å². The maximum Gasteiger partial charge on any atom is 0.163 e. The van der Waals surface area contributed by atoms with Gasteiger partial charge < -0.3 is 9.47 Å². The number of hydrogen-bond donors (Lipinski definition) is 0. The third-order valence-electron chi connectivity index (χ3n) is 3.99. The molecule has 0 saturated heterocycles. The molecule has 3 rings (SSSR count). The molecule has 1 heterocycles. The Morgan fingerprint density at radius 2 is 1.75 bits per heavy atom. The summed E-state index contributed by atoms with van der Waals surface area (Å²) in [5.74, 6) is 1.33. The molecule has 4 nitrogen and oxygen atoms in total. The number of nitrogens with zero attached hydrogens (tertiary/aromatic N) is 2. The first-order valence-electron chi connectivity index (χ1n) is 7.69. The predicted octanol–water partition coefficient (Wildman–Crippen LogP) is 6.01. The van der Waals surface area contributed by atoms with Gasteiger partial charge in [-0.1, -0.05) is 23.2 Å². The summed E-state index contributed by atoms with van der Waals surface area (Å²) in [5.41, 5.74) is 1.16. The van der Waals surface area contributed by atoms with Crippen LogP contribution in [0.5, 0.6) is 11.5 Å². The van der Waals surface area contributed by atoms with Crippen LogP contribution in [0.2, 0.25) is 10.0 Å². The summed E-state index contributed by atoms with van der Waals surface area (Å²) >= 11 is 18.8. The Balaban J connectivity index is 1.92. The molecule has 0 radical (unpaired) electrons. The summed E-state index contributed by atoms with van der Waals surface area (Å²) in [4.78, 5) is 3.94. The minimum Gasteiger partial charge on any atom is -0.493 e. The smallest absolute Gasteiger partial charge is 0.163 e. The van der Waals surface area contributed by atoms with Crippen molar-refractivity contribution in [1.29, 1.82) is 0 Å². The van der Waals surface area contributed by atoms with E-state index in [1.165, 1.54) is 29.7 Å². The van der Waals surface area contributed by atoms with Gasteiger partial charge in [0.05, 0.1) is 34.6 Å². The first-order valence-corrected chi connectivity index (χ1v) is 8.79. The Labute approximate surface area is 156 Å². The second kappa shape index (κ2) is 7.68. The van der Waals surface area contributed by atoms with Gasteiger partial charge in [-0.05, 0) is 37.8 Å². The van der Waals surface area contributed by atoms with Gasteiger partial charge in [0.1, 0.15) is 0 Å². The molecule has 1 fully saturated rings. The van der Waals surface area contributed by atoms with Crippen LogP contribution in [-0.4, -0.2) is 18.2 Å². The molecular weight excluding hydrogens is 371 g/mol. The monoisotopic (exact) mass is 386 g/mol. The summed E-state index contributed by atoms with van der Waals surface area (Å²) < 4.78 is 12.9. The first kappa shape index (κ1) is 17.5. The molecule has 1 aliphatic carbocycles. The molecule has 0 amide bonds. The van der Waals surface area contributed by atoms with Crippen molar-refractivity contribution in [2.45, 2.75) is 31.8 Å². The van der Waals surface area contributed by atoms with Crippen molar-refractivity contribution in [3.63, 3.8) is 0 Å². The fraction of sp³-hybridized carbons (Fsp3) is 0.353. The van der Waals surface area contributed by atoms with Crippen LogP contribution in [0, 0.1) is 0 Å². The number of hydrogen-bond acceptors (Lipinski definition) is 4. The van der Waals surface area contributed by atoms with Crippen LogP contribution >= 0.6 is 35.0 Å². The SMILES string of the molecule is COc1ccc(N(Cl)c2c(Cl)cncc2Cl)cc1OC1CCCC1. The van der Waals surface area contributed by atoms with Gasteiger partial charge in [-0.3, -0.25) is 9.40 Å². The average molecular weight is 388 g/mol. The molecule has 0 aliphatic heterocycles. The van der Waals surface area contributed by atoms with Gasteiger partial charge in [-0.25, -0.2) is 0 Å². The van der Waals surface area contributed by atoms with Crippen LogP contribution in [-0.2, 0) is 0 Å². The van der Waals surface area contributed by atoms with Crippen molar-refractivity contribution in [2.75, 3.05) is 11.5 Å². The van der Waals surface area contributed by atoms with Crippen molar-refractivity contribution in [1.82, 2.24) is 4.98 Å².